The number of rotatable bonds is 2. The number of hydrogen-bond acceptors (Lipinski definition) is 5. The molecule has 0 saturated heterocycles. The fourth-order valence-corrected chi connectivity index (χ4v) is 3.36. The highest BCUT2D eigenvalue weighted by molar-refractivity contribution is 6.24. The highest BCUT2D eigenvalue weighted by Gasteiger charge is 2.13. The lowest BCUT2D eigenvalue weighted by Crippen LogP contribution is -1.93. The van der Waals surface area contributed by atoms with Gasteiger partial charge < -0.3 is 9.47 Å². The molecule has 0 N–H and O–H groups in total. The molecule has 0 fully saturated rings. The van der Waals surface area contributed by atoms with E-state index < -0.39 is 0 Å². The number of methoxy groups -OCH3 is 2. The first kappa shape index (κ1) is 14.0. The zero-order valence-corrected chi connectivity index (χ0v) is 13.7. The summed E-state index contributed by atoms with van der Waals surface area (Å²) in [6.45, 7) is 0. The Kier molecular flexibility index (Phi) is 2.82. The lowest BCUT2D eigenvalue weighted by Gasteiger charge is -2.12. The van der Waals surface area contributed by atoms with Crippen LogP contribution >= 0.6 is 0 Å². The van der Waals surface area contributed by atoms with Crippen LogP contribution in [0.25, 0.3) is 38.2 Å². The van der Waals surface area contributed by atoms with Crippen LogP contribution in [-0.2, 0) is 0 Å². The molecule has 6 heteroatoms. The van der Waals surface area contributed by atoms with Gasteiger partial charge in [0.2, 0.25) is 0 Å². The van der Waals surface area contributed by atoms with E-state index in [1.54, 1.807) is 20.5 Å². The summed E-state index contributed by atoms with van der Waals surface area (Å²) in [5.41, 5.74) is 0.899. The number of aromatic nitrogens is 4. The topological polar surface area (TPSA) is 61.5 Å². The van der Waals surface area contributed by atoms with Crippen LogP contribution in [0.1, 0.15) is 0 Å². The molecule has 0 amide bonds. The van der Waals surface area contributed by atoms with Crippen molar-refractivity contribution in [1.29, 1.82) is 0 Å². The van der Waals surface area contributed by atoms with Crippen molar-refractivity contribution in [2.24, 2.45) is 0 Å². The summed E-state index contributed by atoms with van der Waals surface area (Å²) in [6, 6.07) is 12.1. The minimum absolute atomic E-state index is 0.581. The second-order valence-corrected chi connectivity index (χ2v) is 5.86. The van der Waals surface area contributed by atoms with Gasteiger partial charge in [-0.1, -0.05) is 0 Å². The summed E-state index contributed by atoms with van der Waals surface area (Å²) in [4.78, 5) is 4.73. The van der Waals surface area contributed by atoms with Crippen molar-refractivity contribution in [3.05, 3.63) is 48.9 Å². The molecule has 122 valence electrons. The molecule has 0 unspecified atom stereocenters. The van der Waals surface area contributed by atoms with Gasteiger partial charge in [0.1, 0.15) is 17.8 Å². The summed E-state index contributed by atoms with van der Waals surface area (Å²) in [5, 5.41) is 13.4. The Balaban J connectivity index is 2.08. The molecule has 0 spiro atoms. The molecular weight excluding hydrogens is 316 g/mol. The molecule has 0 aliphatic rings. The van der Waals surface area contributed by atoms with Crippen molar-refractivity contribution < 1.29 is 9.47 Å². The van der Waals surface area contributed by atoms with Gasteiger partial charge in [-0.3, -0.25) is 4.40 Å². The van der Waals surface area contributed by atoms with Crippen molar-refractivity contribution >= 4 is 38.2 Å². The number of benzene rings is 3. The van der Waals surface area contributed by atoms with E-state index in [0.717, 1.165) is 43.9 Å². The maximum absolute atomic E-state index is 5.43. The Morgan fingerprint density at radius 1 is 0.800 bits per heavy atom. The van der Waals surface area contributed by atoms with Crippen LogP contribution in [-0.4, -0.2) is 33.8 Å². The maximum Gasteiger partial charge on any atom is 0.255 e. The van der Waals surface area contributed by atoms with Gasteiger partial charge in [0.05, 0.1) is 19.7 Å². The van der Waals surface area contributed by atoms with Crippen molar-refractivity contribution in [1.82, 2.24) is 19.6 Å². The van der Waals surface area contributed by atoms with Crippen LogP contribution in [0.3, 0.4) is 0 Å². The summed E-state index contributed by atoms with van der Waals surface area (Å²) < 4.78 is 12.7. The molecule has 0 atom stereocenters. The molecule has 0 saturated carbocycles. The first-order valence-corrected chi connectivity index (χ1v) is 7.86. The fourth-order valence-electron chi connectivity index (χ4n) is 3.36. The number of ether oxygens (including phenoxy) is 2. The van der Waals surface area contributed by atoms with E-state index in [4.69, 9.17) is 14.5 Å². The van der Waals surface area contributed by atoms with Gasteiger partial charge in [-0.15, -0.1) is 10.2 Å². The maximum atomic E-state index is 5.43. The predicted molar refractivity (Wildman–Crippen MR) is 96.4 cm³/mol. The van der Waals surface area contributed by atoms with Crippen molar-refractivity contribution in [3.8, 4) is 11.5 Å². The molecule has 0 aliphatic heterocycles. The third-order valence-corrected chi connectivity index (χ3v) is 4.58. The Morgan fingerprint density at radius 2 is 1.48 bits per heavy atom. The molecule has 6 nitrogen and oxygen atoms in total. The zero-order chi connectivity index (χ0) is 17.0. The number of nitrogens with zero attached hydrogens (tertiary/aromatic N) is 4. The SMILES string of the molecule is COc1ccc2c(c1)c1cc(OC)ccc1c1nc3nncn3cc21. The Bertz CT molecular complexity index is 1180. The first-order chi connectivity index (χ1) is 12.3. The molecule has 5 aromatic rings. The Morgan fingerprint density at radius 3 is 2.20 bits per heavy atom. The van der Waals surface area contributed by atoms with Crippen LogP contribution in [0.2, 0.25) is 0 Å². The highest BCUT2D eigenvalue weighted by atomic mass is 16.5. The summed E-state index contributed by atoms with van der Waals surface area (Å²) in [5.74, 6) is 2.20. The second kappa shape index (κ2) is 5.04. The van der Waals surface area contributed by atoms with Gasteiger partial charge in [0.25, 0.3) is 5.78 Å². The van der Waals surface area contributed by atoms with E-state index in [1.165, 1.54) is 0 Å². The van der Waals surface area contributed by atoms with Crippen LogP contribution in [0.4, 0.5) is 0 Å². The molecule has 5 rings (SSSR count). The van der Waals surface area contributed by atoms with Crippen molar-refractivity contribution in [2.45, 2.75) is 0 Å². The summed E-state index contributed by atoms with van der Waals surface area (Å²) in [6.07, 6.45) is 3.69. The van der Waals surface area contributed by atoms with Crippen LogP contribution in [0.15, 0.2) is 48.9 Å². The molecule has 2 heterocycles. The smallest absolute Gasteiger partial charge is 0.255 e. The predicted octanol–water partition coefficient (Wildman–Crippen LogP) is 3.60. The molecule has 0 aliphatic carbocycles. The molecule has 2 aromatic heterocycles. The average molecular weight is 330 g/mol. The zero-order valence-electron chi connectivity index (χ0n) is 13.7. The van der Waals surface area contributed by atoms with Crippen molar-refractivity contribution in [3.63, 3.8) is 0 Å². The molecule has 0 radical (unpaired) electrons. The summed E-state index contributed by atoms with van der Waals surface area (Å²) in [7, 11) is 3.34. The number of fused-ring (bicyclic) bond motifs is 7. The quantitative estimate of drug-likeness (QED) is 0.463. The molecule has 25 heavy (non-hydrogen) atoms. The van der Waals surface area contributed by atoms with E-state index >= 15 is 0 Å². The lowest BCUT2D eigenvalue weighted by molar-refractivity contribution is 0.415. The Hall–Kier alpha value is -3.41. The van der Waals surface area contributed by atoms with Crippen LogP contribution < -0.4 is 9.47 Å². The normalized spacial score (nSPS) is 11.6. The largest absolute Gasteiger partial charge is 0.497 e. The minimum atomic E-state index is 0.581. The van der Waals surface area contributed by atoms with E-state index in [0.29, 0.717) is 5.78 Å². The van der Waals surface area contributed by atoms with Crippen LogP contribution in [0, 0.1) is 0 Å². The standard InChI is InChI=1S/C19H14N4O2/c1-24-11-3-5-13-15(7-11)16-8-12(25-2)4-6-14(16)18-17(13)9-23-10-20-22-19(23)21-18/h3-10H,1-2H3. The lowest BCUT2D eigenvalue weighted by atomic mass is 9.97. The van der Waals surface area contributed by atoms with E-state index in [1.807, 2.05) is 40.9 Å². The molecular formula is C19H14N4O2. The van der Waals surface area contributed by atoms with Crippen molar-refractivity contribution in [2.75, 3.05) is 14.2 Å². The first-order valence-electron chi connectivity index (χ1n) is 7.86. The van der Waals surface area contributed by atoms with Crippen LogP contribution in [0.5, 0.6) is 11.5 Å². The molecule has 0 bridgehead atoms. The third-order valence-electron chi connectivity index (χ3n) is 4.58. The number of hydrogen-bond donors (Lipinski definition) is 0. The average Bonchev–Trinajstić information content (AvgIpc) is 3.13. The fraction of sp³-hybridized carbons (Fsp3) is 0.105. The van der Waals surface area contributed by atoms with Gasteiger partial charge in [-0.25, -0.2) is 4.98 Å². The summed E-state index contributed by atoms with van der Waals surface area (Å²) >= 11 is 0. The van der Waals surface area contributed by atoms with Gasteiger partial charge >= 0.3 is 0 Å². The third kappa shape index (κ3) is 1.94. The van der Waals surface area contributed by atoms with E-state index in [-0.39, 0.29) is 0 Å². The van der Waals surface area contributed by atoms with Gasteiger partial charge in [-0.05, 0) is 52.6 Å². The minimum Gasteiger partial charge on any atom is -0.497 e. The van der Waals surface area contributed by atoms with E-state index in [9.17, 15) is 0 Å². The van der Waals surface area contributed by atoms with E-state index in [2.05, 4.69) is 16.3 Å². The van der Waals surface area contributed by atoms with Gasteiger partial charge in [0.15, 0.2) is 0 Å². The van der Waals surface area contributed by atoms with Gasteiger partial charge in [-0.2, -0.15) is 0 Å². The monoisotopic (exact) mass is 330 g/mol. The second-order valence-electron chi connectivity index (χ2n) is 5.86. The Labute approximate surface area is 142 Å². The molecule has 3 aromatic carbocycles. The highest BCUT2D eigenvalue weighted by Crippen LogP contribution is 2.37. The van der Waals surface area contributed by atoms with Gasteiger partial charge in [0, 0.05) is 17.0 Å².